The van der Waals surface area contributed by atoms with Gasteiger partial charge in [-0.3, -0.25) is 4.79 Å². The summed E-state index contributed by atoms with van der Waals surface area (Å²) >= 11 is 0. The van der Waals surface area contributed by atoms with Crippen LogP contribution in [0.2, 0.25) is 0 Å². The maximum Gasteiger partial charge on any atom is 0.224 e. The highest BCUT2D eigenvalue weighted by atomic mass is 16.3. The zero-order valence-corrected chi connectivity index (χ0v) is 11.3. The van der Waals surface area contributed by atoms with Crippen molar-refractivity contribution < 1.29 is 9.90 Å². The Morgan fingerprint density at radius 2 is 1.95 bits per heavy atom. The van der Waals surface area contributed by atoms with Gasteiger partial charge >= 0.3 is 0 Å². The highest BCUT2D eigenvalue weighted by molar-refractivity contribution is 5.79. The van der Waals surface area contributed by atoms with E-state index >= 15 is 0 Å². The van der Waals surface area contributed by atoms with Gasteiger partial charge in [0.05, 0.1) is 12.5 Å². The van der Waals surface area contributed by atoms with Gasteiger partial charge in [-0.1, -0.05) is 24.3 Å². The second kappa shape index (κ2) is 6.10. The molecule has 4 N–H and O–H groups in total. The van der Waals surface area contributed by atoms with Gasteiger partial charge < -0.3 is 16.2 Å². The maximum atomic E-state index is 12.0. The molecule has 0 saturated carbocycles. The predicted octanol–water partition coefficient (Wildman–Crippen LogP) is 2.39. The molecule has 2 rings (SSSR count). The molecule has 1 unspecified atom stereocenters. The van der Waals surface area contributed by atoms with Crippen molar-refractivity contribution >= 4 is 11.6 Å². The minimum absolute atomic E-state index is 0.0830. The quantitative estimate of drug-likeness (QED) is 0.747. The Morgan fingerprint density at radius 3 is 2.60 bits per heavy atom. The van der Waals surface area contributed by atoms with Crippen LogP contribution in [-0.4, -0.2) is 11.0 Å². The first-order chi connectivity index (χ1) is 9.54. The molecule has 4 nitrogen and oxygen atoms in total. The Kier molecular flexibility index (Phi) is 4.25. The lowest BCUT2D eigenvalue weighted by atomic mass is 10.1. The van der Waals surface area contributed by atoms with Crippen LogP contribution in [0.15, 0.2) is 48.5 Å². The van der Waals surface area contributed by atoms with Gasteiger partial charge in [0.1, 0.15) is 5.75 Å². The van der Waals surface area contributed by atoms with E-state index in [9.17, 15) is 9.90 Å². The zero-order chi connectivity index (χ0) is 14.5. The van der Waals surface area contributed by atoms with Gasteiger partial charge in [-0.2, -0.15) is 0 Å². The Hall–Kier alpha value is -2.49. The summed E-state index contributed by atoms with van der Waals surface area (Å²) in [7, 11) is 0. The number of nitrogens with one attached hydrogen (secondary N) is 1. The number of amides is 1. The number of hydrogen-bond acceptors (Lipinski definition) is 3. The number of carbonyl (C=O) groups excluding carboxylic acids is 1. The summed E-state index contributed by atoms with van der Waals surface area (Å²) in [5.41, 5.74) is 8.12. The molecule has 0 spiro atoms. The summed E-state index contributed by atoms with van der Waals surface area (Å²) in [6.07, 6.45) is 0.244. The van der Waals surface area contributed by atoms with Crippen LogP contribution in [0.1, 0.15) is 24.1 Å². The Labute approximate surface area is 118 Å². The lowest BCUT2D eigenvalue weighted by Gasteiger charge is -2.14. The number of rotatable bonds is 4. The number of nitrogen functional groups attached to an aromatic ring is 1. The summed E-state index contributed by atoms with van der Waals surface area (Å²) in [6, 6.07) is 14.0. The van der Waals surface area contributed by atoms with E-state index in [0.29, 0.717) is 5.69 Å². The topological polar surface area (TPSA) is 75.3 Å². The van der Waals surface area contributed by atoms with Gasteiger partial charge in [-0.25, -0.2) is 0 Å². The fourth-order valence-electron chi connectivity index (χ4n) is 2.01. The van der Waals surface area contributed by atoms with E-state index in [2.05, 4.69) is 5.32 Å². The molecular formula is C16H18N2O2. The number of phenols is 1. The number of nitrogens with two attached hydrogens (primary N) is 1. The lowest BCUT2D eigenvalue weighted by molar-refractivity contribution is -0.121. The largest absolute Gasteiger partial charge is 0.508 e. The monoisotopic (exact) mass is 270 g/mol. The van der Waals surface area contributed by atoms with E-state index < -0.39 is 0 Å². The molecule has 0 aliphatic carbocycles. The van der Waals surface area contributed by atoms with Gasteiger partial charge in [-0.05, 0) is 42.3 Å². The molecule has 0 heterocycles. The summed E-state index contributed by atoms with van der Waals surface area (Å²) in [5, 5.41) is 12.3. The Morgan fingerprint density at radius 1 is 1.25 bits per heavy atom. The van der Waals surface area contributed by atoms with Crippen LogP contribution in [0, 0.1) is 0 Å². The van der Waals surface area contributed by atoms with E-state index in [1.54, 1.807) is 18.2 Å². The minimum atomic E-state index is -0.0834. The molecule has 1 atom stereocenters. The number of anilines is 1. The number of phenolic OH excluding ortho intramolecular Hbond substituents is 1. The molecule has 0 radical (unpaired) electrons. The van der Waals surface area contributed by atoms with Crippen molar-refractivity contribution in [2.24, 2.45) is 0 Å². The molecule has 0 saturated heterocycles. The minimum Gasteiger partial charge on any atom is -0.508 e. The third kappa shape index (κ3) is 3.75. The van der Waals surface area contributed by atoms with Crippen molar-refractivity contribution in [3.63, 3.8) is 0 Å². The van der Waals surface area contributed by atoms with Crippen LogP contribution < -0.4 is 11.1 Å². The SMILES string of the molecule is CC(NC(=O)Cc1cccc(O)c1)c1ccc(N)cc1. The fourth-order valence-corrected chi connectivity index (χ4v) is 2.01. The highest BCUT2D eigenvalue weighted by Gasteiger charge is 2.10. The van der Waals surface area contributed by atoms with Gasteiger partial charge in [0, 0.05) is 5.69 Å². The van der Waals surface area contributed by atoms with E-state index in [0.717, 1.165) is 11.1 Å². The summed E-state index contributed by atoms with van der Waals surface area (Å²) in [4.78, 5) is 12.0. The summed E-state index contributed by atoms with van der Waals surface area (Å²) in [5.74, 6) is 0.0850. The average Bonchev–Trinajstić information content (AvgIpc) is 2.39. The van der Waals surface area contributed by atoms with Crippen molar-refractivity contribution in [2.45, 2.75) is 19.4 Å². The van der Waals surface area contributed by atoms with Gasteiger partial charge in [-0.15, -0.1) is 0 Å². The number of aromatic hydroxyl groups is 1. The molecule has 0 fully saturated rings. The van der Waals surface area contributed by atoms with Crippen molar-refractivity contribution in [1.29, 1.82) is 0 Å². The Balaban J connectivity index is 1.95. The van der Waals surface area contributed by atoms with Crippen molar-refractivity contribution in [3.05, 3.63) is 59.7 Å². The molecule has 20 heavy (non-hydrogen) atoms. The van der Waals surface area contributed by atoms with Gasteiger partial charge in [0.15, 0.2) is 0 Å². The normalized spacial score (nSPS) is 11.8. The standard InChI is InChI=1S/C16H18N2O2/c1-11(13-5-7-14(17)8-6-13)18-16(20)10-12-3-2-4-15(19)9-12/h2-9,11,19H,10,17H2,1H3,(H,18,20). The van der Waals surface area contributed by atoms with Gasteiger partial charge in [0.2, 0.25) is 5.91 Å². The maximum absolute atomic E-state index is 12.0. The third-order valence-corrected chi connectivity index (χ3v) is 3.09. The Bertz CT molecular complexity index is 594. The van der Waals surface area contributed by atoms with Crippen LogP contribution >= 0.6 is 0 Å². The molecule has 0 aliphatic heterocycles. The second-order valence-electron chi connectivity index (χ2n) is 4.80. The summed E-state index contributed by atoms with van der Waals surface area (Å²) in [6.45, 7) is 1.92. The zero-order valence-electron chi connectivity index (χ0n) is 11.3. The number of hydrogen-bond donors (Lipinski definition) is 3. The van der Waals surface area contributed by atoms with Crippen LogP contribution in [-0.2, 0) is 11.2 Å². The molecule has 0 aliphatic rings. The first-order valence-electron chi connectivity index (χ1n) is 6.47. The smallest absolute Gasteiger partial charge is 0.224 e. The first-order valence-corrected chi connectivity index (χ1v) is 6.47. The lowest BCUT2D eigenvalue weighted by Crippen LogP contribution is -2.28. The van der Waals surface area contributed by atoms with Crippen molar-refractivity contribution in [1.82, 2.24) is 5.32 Å². The van der Waals surface area contributed by atoms with Crippen LogP contribution in [0.5, 0.6) is 5.75 Å². The predicted molar refractivity (Wildman–Crippen MR) is 79.2 cm³/mol. The van der Waals surface area contributed by atoms with Crippen molar-refractivity contribution in [3.8, 4) is 5.75 Å². The fraction of sp³-hybridized carbons (Fsp3) is 0.188. The van der Waals surface area contributed by atoms with E-state index in [4.69, 9.17) is 5.73 Å². The van der Waals surface area contributed by atoms with Crippen molar-refractivity contribution in [2.75, 3.05) is 5.73 Å². The molecule has 1 amide bonds. The van der Waals surface area contributed by atoms with Crippen LogP contribution in [0.3, 0.4) is 0 Å². The molecule has 104 valence electrons. The third-order valence-electron chi connectivity index (χ3n) is 3.09. The second-order valence-corrected chi connectivity index (χ2v) is 4.80. The molecular weight excluding hydrogens is 252 g/mol. The molecule has 2 aromatic carbocycles. The molecule has 4 heteroatoms. The van der Waals surface area contributed by atoms with Gasteiger partial charge in [0.25, 0.3) is 0 Å². The molecule has 2 aromatic rings. The highest BCUT2D eigenvalue weighted by Crippen LogP contribution is 2.15. The molecule has 0 aromatic heterocycles. The molecule has 0 bridgehead atoms. The van der Waals surface area contributed by atoms with E-state index in [1.165, 1.54) is 0 Å². The number of carbonyl (C=O) groups is 1. The first kappa shape index (κ1) is 13.9. The number of benzene rings is 2. The summed E-state index contributed by atoms with van der Waals surface area (Å²) < 4.78 is 0. The van der Waals surface area contributed by atoms with E-state index in [-0.39, 0.29) is 24.1 Å². The average molecular weight is 270 g/mol. The van der Waals surface area contributed by atoms with E-state index in [1.807, 2.05) is 37.3 Å². The van der Waals surface area contributed by atoms with Crippen LogP contribution in [0.4, 0.5) is 5.69 Å². The van der Waals surface area contributed by atoms with Crippen LogP contribution in [0.25, 0.3) is 0 Å².